The summed E-state index contributed by atoms with van der Waals surface area (Å²) in [6.07, 6.45) is 0. The molecule has 0 spiro atoms. The quantitative estimate of drug-likeness (QED) is 0.836. The maximum atomic E-state index is 14.2. The van der Waals surface area contributed by atoms with Crippen LogP contribution in [-0.2, 0) is 6.54 Å². The maximum absolute atomic E-state index is 14.2. The first-order chi connectivity index (χ1) is 9.85. The predicted octanol–water partition coefficient (Wildman–Crippen LogP) is 5.17. The molecule has 2 rings (SSSR count). The number of halogens is 1. The Morgan fingerprint density at radius 3 is 2.48 bits per heavy atom. The number of hydrogen-bond donors (Lipinski definition) is 1. The van der Waals surface area contributed by atoms with Crippen LogP contribution in [0.25, 0.3) is 0 Å². The standard InChI is InChI=1S/C18H22FNS/c1-13-7-5-8-14(11-13)21-17-10-6-9-16(19)15(17)12-20-18(2,3)4/h5-11,20H,12H2,1-4H3. The highest BCUT2D eigenvalue weighted by molar-refractivity contribution is 7.99. The van der Waals surface area contributed by atoms with Crippen LogP contribution < -0.4 is 5.32 Å². The molecular formula is C18H22FNS. The fourth-order valence-corrected chi connectivity index (χ4v) is 3.05. The third kappa shape index (κ3) is 4.87. The molecule has 0 amide bonds. The van der Waals surface area contributed by atoms with E-state index in [1.165, 1.54) is 11.6 Å². The van der Waals surface area contributed by atoms with E-state index in [9.17, 15) is 4.39 Å². The van der Waals surface area contributed by atoms with Gasteiger partial charge in [-0.2, -0.15) is 0 Å². The summed E-state index contributed by atoms with van der Waals surface area (Å²) in [6.45, 7) is 8.85. The Hall–Kier alpha value is -1.32. The summed E-state index contributed by atoms with van der Waals surface area (Å²) >= 11 is 1.61. The van der Waals surface area contributed by atoms with Crippen LogP contribution >= 0.6 is 11.8 Å². The summed E-state index contributed by atoms with van der Waals surface area (Å²) in [4.78, 5) is 2.11. The van der Waals surface area contributed by atoms with Crippen LogP contribution in [0.2, 0.25) is 0 Å². The van der Waals surface area contributed by atoms with E-state index in [1.54, 1.807) is 17.8 Å². The zero-order chi connectivity index (χ0) is 15.5. The monoisotopic (exact) mass is 303 g/mol. The number of nitrogens with one attached hydrogen (secondary N) is 1. The van der Waals surface area contributed by atoms with Gasteiger partial charge in [0, 0.05) is 27.4 Å². The van der Waals surface area contributed by atoms with Gasteiger partial charge in [-0.1, -0.05) is 35.5 Å². The van der Waals surface area contributed by atoms with Crippen molar-refractivity contribution >= 4 is 11.8 Å². The van der Waals surface area contributed by atoms with Crippen LogP contribution in [0.3, 0.4) is 0 Å². The molecule has 2 aromatic rings. The molecule has 0 saturated carbocycles. The van der Waals surface area contributed by atoms with Gasteiger partial charge in [0.1, 0.15) is 5.82 Å². The van der Waals surface area contributed by atoms with E-state index in [0.29, 0.717) is 6.54 Å². The van der Waals surface area contributed by atoms with Crippen molar-refractivity contribution in [3.05, 3.63) is 59.4 Å². The minimum absolute atomic E-state index is 0.0342. The highest BCUT2D eigenvalue weighted by Gasteiger charge is 2.14. The molecule has 0 radical (unpaired) electrons. The molecular weight excluding hydrogens is 281 g/mol. The highest BCUT2D eigenvalue weighted by atomic mass is 32.2. The molecule has 3 heteroatoms. The second-order valence-corrected chi connectivity index (χ2v) is 7.35. The first kappa shape index (κ1) is 16.1. The number of benzene rings is 2. The van der Waals surface area contributed by atoms with Crippen molar-refractivity contribution in [2.45, 2.75) is 49.6 Å². The predicted molar refractivity (Wildman–Crippen MR) is 88.3 cm³/mol. The van der Waals surface area contributed by atoms with Crippen molar-refractivity contribution < 1.29 is 4.39 Å². The maximum Gasteiger partial charge on any atom is 0.128 e. The second-order valence-electron chi connectivity index (χ2n) is 6.24. The van der Waals surface area contributed by atoms with E-state index in [1.807, 2.05) is 12.1 Å². The van der Waals surface area contributed by atoms with Gasteiger partial charge < -0.3 is 5.32 Å². The smallest absolute Gasteiger partial charge is 0.128 e. The van der Waals surface area contributed by atoms with E-state index in [0.717, 1.165) is 15.4 Å². The molecule has 2 aromatic carbocycles. The Morgan fingerprint density at radius 2 is 1.81 bits per heavy atom. The summed E-state index contributed by atoms with van der Waals surface area (Å²) in [6, 6.07) is 13.6. The number of rotatable bonds is 4. The molecule has 0 aromatic heterocycles. The van der Waals surface area contributed by atoms with Crippen molar-refractivity contribution in [3.63, 3.8) is 0 Å². The molecule has 0 aliphatic heterocycles. The van der Waals surface area contributed by atoms with Gasteiger partial charge in [-0.15, -0.1) is 0 Å². The lowest BCUT2D eigenvalue weighted by Crippen LogP contribution is -2.35. The average Bonchev–Trinajstić information content (AvgIpc) is 2.37. The Kier molecular flexibility index (Phi) is 5.07. The van der Waals surface area contributed by atoms with Gasteiger partial charge in [0.05, 0.1) is 0 Å². The minimum Gasteiger partial charge on any atom is -0.308 e. The molecule has 0 saturated heterocycles. The molecule has 21 heavy (non-hydrogen) atoms. The summed E-state index contributed by atoms with van der Waals surface area (Å²) in [5.74, 6) is -0.149. The molecule has 1 N–H and O–H groups in total. The molecule has 0 heterocycles. The average molecular weight is 303 g/mol. The van der Waals surface area contributed by atoms with Crippen LogP contribution in [0.5, 0.6) is 0 Å². The molecule has 0 aliphatic rings. The van der Waals surface area contributed by atoms with E-state index in [2.05, 4.69) is 51.2 Å². The van der Waals surface area contributed by atoms with Gasteiger partial charge in [0.25, 0.3) is 0 Å². The minimum atomic E-state index is -0.149. The molecule has 1 nitrogen and oxygen atoms in total. The van der Waals surface area contributed by atoms with Crippen LogP contribution in [0.4, 0.5) is 4.39 Å². The SMILES string of the molecule is Cc1cccc(Sc2cccc(F)c2CNC(C)(C)C)c1. The molecule has 0 unspecified atom stereocenters. The summed E-state index contributed by atoms with van der Waals surface area (Å²) in [5, 5.41) is 3.36. The first-order valence-corrected chi connectivity index (χ1v) is 7.94. The zero-order valence-electron chi connectivity index (χ0n) is 13.0. The van der Waals surface area contributed by atoms with Crippen LogP contribution in [0, 0.1) is 12.7 Å². The van der Waals surface area contributed by atoms with Gasteiger partial charge in [-0.05, 0) is 52.0 Å². The molecule has 0 bridgehead atoms. The van der Waals surface area contributed by atoms with Crippen molar-refractivity contribution in [3.8, 4) is 0 Å². The Balaban J connectivity index is 2.25. The second kappa shape index (κ2) is 6.63. The fourth-order valence-electron chi connectivity index (χ4n) is 1.97. The third-order valence-electron chi connectivity index (χ3n) is 3.09. The van der Waals surface area contributed by atoms with Crippen molar-refractivity contribution in [2.75, 3.05) is 0 Å². The lowest BCUT2D eigenvalue weighted by Gasteiger charge is -2.22. The van der Waals surface area contributed by atoms with E-state index >= 15 is 0 Å². The van der Waals surface area contributed by atoms with E-state index < -0.39 is 0 Å². The summed E-state index contributed by atoms with van der Waals surface area (Å²) < 4.78 is 14.2. The molecule has 112 valence electrons. The molecule has 0 aliphatic carbocycles. The lowest BCUT2D eigenvalue weighted by atomic mass is 10.1. The summed E-state index contributed by atoms with van der Waals surface area (Å²) in [7, 11) is 0. The van der Waals surface area contributed by atoms with Crippen molar-refractivity contribution in [2.24, 2.45) is 0 Å². The fraction of sp³-hybridized carbons (Fsp3) is 0.333. The largest absolute Gasteiger partial charge is 0.308 e. The van der Waals surface area contributed by atoms with Gasteiger partial charge in [-0.3, -0.25) is 0 Å². The van der Waals surface area contributed by atoms with Crippen LogP contribution in [-0.4, -0.2) is 5.54 Å². The van der Waals surface area contributed by atoms with Crippen molar-refractivity contribution in [1.29, 1.82) is 0 Å². The van der Waals surface area contributed by atoms with Gasteiger partial charge >= 0.3 is 0 Å². The summed E-state index contributed by atoms with van der Waals surface area (Å²) in [5.41, 5.74) is 1.91. The number of aryl methyl sites for hydroxylation is 1. The van der Waals surface area contributed by atoms with Crippen molar-refractivity contribution in [1.82, 2.24) is 5.32 Å². The van der Waals surface area contributed by atoms with Crippen LogP contribution in [0.1, 0.15) is 31.9 Å². The van der Waals surface area contributed by atoms with Crippen LogP contribution in [0.15, 0.2) is 52.3 Å². The topological polar surface area (TPSA) is 12.0 Å². The first-order valence-electron chi connectivity index (χ1n) is 7.12. The van der Waals surface area contributed by atoms with Gasteiger partial charge in [0.2, 0.25) is 0 Å². The van der Waals surface area contributed by atoms with E-state index in [-0.39, 0.29) is 11.4 Å². The van der Waals surface area contributed by atoms with Gasteiger partial charge in [-0.25, -0.2) is 4.39 Å². The Bertz CT molecular complexity index is 617. The Labute approximate surface area is 131 Å². The number of hydrogen-bond acceptors (Lipinski definition) is 2. The molecule has 0 fully saturated rings. The Morgan fingerprint density at radius 1 is 1.10 bits per heavy atom. The normalized spacial score (nSPS) is 11.7. The third-order valence-corrected chi connectivity index (χ3v) is 4.18. The van der Waals surface area contributed by atoms with Gasteiger partial charge in [0.15, 0.2) is 0 Å². The highest BCUT2D eigenvalue weighted by Crippen LogP contribution is 2.32. The zero-order valence-corrected chi connectivity index (χ0v) is 13.9. The lowest BCUT2D eigenvalue weighted by molar-refractivity contribution is 0.416. The van der Waals surface area contributed by atoms with E-state index in [4.69, 9.17) is 0 Å². The molecule has 0 atom stereocenters.